The molecular weight excluding hydrogens is 442 g/mol. The minimum Gasteiger partial charge on any atom is -0.493 e. The minimum atomic E-state index is -1.06. The molecule has 7 nitrogen and oxygen atoms in total. The van der Waals surface area contributed by atoms with Gasteiger partial charge in [0.2, 0.25) is 5.91 Å². The lowest BCUT2D eigenvalue weighted by molar-refractivity contribution is -0.120. The molecule has 0 fully saturated rings. The third-order valence-corrected chi connectivity index (χ3v) is 6.65. The van der Waals surface area contributed by atoms with E-state index in [9.17, 15) is 14.4 Å². The van der Waals surface area contributed by atoms with Gasteiger partial charge in [0.05, 0.1) is 28.9 Å². The fourth-order valence-electron chi connectivity index (χ4n) is 5.05. The topological polar surface area (TPSA) is 88.6 Å². The average Bonchev–Trinajstić information content (AvgIpc) is 3.15. The lowest BCUT2D eigenvalue weighted by Crippen LogP contribution is -2.51. The zero-order chi connectivity index (χ0) is 23.9. The number of nitrogens with zero attached hydrogens (tertiary/aromatic N) is 2. The molecule has 1 aromatic heterocycles. The van der Waals surface area contributed by atoms with Gasteiger partial charge in [-0.15, -0.1) is 0 Å². The standard InChI is InChI=1S/C28H21N3O4/c32-26(30-22-12-5-7-17-8-6-15-29-24(17)22)25(19-14-16-35-23-13-4-3-9-18(19)23)31-27(33)20-10-1-2-11-21(20)28(31)34/h1-13,15,19,25H,14,16H2,(H,30,32)/t19-,25-/m0/s1. The maximum absolute atomic E-state index is 14.0. The molecule has 4 aromatic rings. The van der Waals surface area contributed by atoms with E-state index in [1.165, 1.54) is 0 Å². The van der Waals surface area contributed by atoms with Crippen molar-refractivity contribution in [1.82, 2.24) is 9.88 Å². The highest BCUT2D eigenvalue weighted by molar-refractivity contribution is 6.23. The summed E-state index contributed by atoms with van der Waals surface area (Å²) in [7, 11) is 0. The van der Waals surface area contributed by atoms with E-state index >= 15 is 0 Å². The molecule has 0 saturated carbocycles. The number of rotatable bonds is 4. The van der Waals surface area contributed by atoms with Crippen molar-refractivity contribution in [2.24, 2.45) is 0 Å². The summed E-state index contributed by atoms with van der Waals surface area (Å²) in [5.41, 5.74) is 2.57. The van der Waals surface area contributed by atoms with Crippen LogP contribution in [0.5, 0.6) is 5.75 Å². The first-order chi connectivity index (χ1) is 17.1. The molecule has 3 heterocycles. The Bertz CT molecular complexity index is 1460. The summed E-state index contributed by atoms with van der Waals surface area (Å²) >= 11 is 0. The van der Waals surface area contributed by atoms with Gasteiger partial charge in [0.1, 0.15) is 11.8 Å². The molecule has 0 aliphatic carbocycles. The van der Waals surface area contributed by atoms with E-state index in [1.807, 2.05) is 48.5 Å². The van der Waals surface area contributed by atoms with Crippen LogP contribution in [0.15, 0.2) is 85.1 Å². The van der Waals surface area contributed by atoms with E-state index < -0.39 is 29.7 Å². The van der Waals surface area contributed by atoms with Crippen LogP contribution in [0.4, 0.5) is 5.69 Å². The van der Waals surface area contributed by atoms with Crippen LogP contribution in [-0.2, 0) is 4.79 Å². The van der Waals surface area contributed by atoms with Crippen LogP contribution in [0, 0.1) is 0 Å². The van der Waals surface area contributed by atoms with Crippen LogP contribution in [0.1, 0.15) is 38.6 Å². The van der Waals surface area contributed by atoms with Crippen molar-refractivity contribution in [2.75, 3.05) is 11.9 Å². The van der Waals surface area contributed by atoms with Gasteiger partial charge < -0.3 is 10.1 Å². The Morgan fingerprint density at radius 1 is 0.914 bits per heavy atom. The third kappa shape index (κ3) is 3.44. The molecule has 35 heavy (non-hydrogen) atoms. The summed E-state index contributed by atoms with van der Waals surface area (Å²) in [6.45, 7) is 0.379. The Morgan fingerprint density at radius 3 is 2.43 bits per heavy atom. The highest BCUT2D eigenvalue weighted by Gasteiger charge is 2.47. The van der Waals surface area contributed by atoms with Gasteiger partial charge >= 0.3 is 0 Å². The Morgan fingerprint density at radius 2 is 1.63 bits per heavy atom. The normalized spacial score (nSPS) is 17.5. The summed E-state index contributed by atoms with van der Waals surface area (Å²) < 4.78 is 5.81. The fourth-order valence-corrected chi connectivity index (χ4v) is 5.05. The van der Waals surface area contributed by atoms with E-state index in [1.54, 1.807) is 36.5 Å². The zero-order valence-corrected chi connectivity index (χ0v) is 18.7. The molecule has 0 unspecified atom stereocenters. The number of para-hydroxylation sites is 2. The average molecular weight is 463 g/mol. The predicted molar refractivity (Wildman–Crippen MR) is 130 cm³/mol. The molecular formula is C28H21N3O4. The largest absolute Gasteiger partial charge is 0.493 e. The predicted octanol–water partition coefficient (Wildman–Crippen LogP) is 4.40. The highest BCUT2D eigenvalue weighted by atomic mass is 16.5. The first-order valence-electron chi connectivity index (χ1n) is 11.5. The molecule has 2 aliphatic rings. The van der Waals surface area contributed by atoms with Crippen LogP contribution in [-0.4, -0.2) is 40.3 Å². The van der Waals surface area contributed by atoms with E-state index in [2.05, 4.69) is 10.3 Å². The van der Waals surface area contributed by atoms with Crippen LogP contribution >= 0.6 is 0 Å². The van der Waals surface area contributed by atoms with Gasteiger partial charge in [0, 0.05) is 17.5 Å². The Kier molecular flexibility index (Phi) is 5.03. The lowest BCUT2D eigenvalue weighted by Gasteiger charge is -2.35. The number of fused-ring (bicyclic) bond motifs is 3. The molecule has 2 atom stereocenters. The number of ether oxygens (including phenoxy) is 1. The number of amides is 3. The summed E-state index contributed by atoms with van der Waals surface area (Å²) in [6.07, 6.45) is 2.14. The van der Waals surface area contributed by atoms with E-state index in [0.29, 0.717) is 41.1 Å². The van der Waals surface area contributed by atoms with Crippen molar-refractivity contribution < 1.29 is 19.1 Å². The lowest BCUT2D eigenvalue weighted by atomic mass is 9.85. The maximum Gasteiger partial charge on any atom is 0.262 e. The second kappa shape index (κ2) is 8.36. The number of aromatic nitrogens is 1. The van der Waals surface area contributed by atoms with Crippen molar-refractivity contribution in [2.45, 2.75) is 18.4 Å². The number of imide groups is 1. The van der Waals surface area contributed by atoms with Gasteiger partial charge in [-0.05, 0) is 42.3 Å². The second-order valence-corrected chi connectivity index (χ2v) is 8.62. The van der Waals surface area contributed by atoms with Gasteiger partial charge in [-0.25, -0.2) is 0 Å². The van der Waals surface area contributed by atoms with Gasteiger partial charge in [0.25, 0.3) is 11.8 Å². The van der Waals surface area contributed by atoms with Gasteiger partial charge in [-0.2, -0.15) is 0 Å². The SMILES string of the molecule is O=C(Nc1cccc2cccnc12)[C@H]([C@H]1CCOc2ccccc21)N1C(=O)c2ccccc2C1=O. The van der Waals surface area contributed by atoms with Crippen LogP contribution < -0.4 is 10.1 Å². The minimum absolute atomic E-state index is 0.308. The van der Waals surface area contributed by atoms with Crippen LogP contribution in [0.3, 0.4) is 0 Å². The first-order valence-corrected chi connectivity index (χ1v) is 11.5. The molecule has 3 amide bonds. The molecule has 6 rings (SSSR count). The molecule has 0 bridgehead atoms. The van der Waals surface area contributed by atoms with Crippen LogP contribution in [0.25, 0.3) is 10.9 Å². The number of carbonyl (C=O) groups excluding carboxylic acids is 3. The molecule has 0 saturated heterocycles. The Labute approximate surface area is 201 Å². The number of nitrogens with one attached hydrogen (secondary N) is 1. The summed E-state index contributed by atoms with van der Waals surface area (Å²) in [6, 6.07) is 22.3. The van der Waals surface area contributed by atoms with E-state index in [-0.39, 0.29) is 0 Å². The zero-order valence-electron chi connectivity index (χ0n) is 18.7. The van der Waals surface area contributed by atoms with E-state index in [0.717, 1.165) is 15.8 Å². The molecule has 0 spiro atoms. The Hall–Kier alpha value is -4.52. The molecule has 0 radical (unpaired) electrons. The summed E-state index contributed by atoms with van der Waals surface area (Å²) in [4.78, 5) is 46.4. The Balaban J connectivity index is 1.45. The molecule has 172 valence electrons. The van der Waals surface area contributed by atoms with Gasteiger partial charge in [-0.1, -0.05) is 48.5 Å². The number of pyridine rings is 1. The molecule has 7 heteroatoms. The van der Waals surface area contributed by atoms with Crippen molar-refractivity contribution in [3.63, 3.8) is 0 Å². The fraction of sp³-hybridized carbons (Fsp3) is 0.143. The highest BCUT2D eigenvalue weighted by Crippen LogP contribution is 2.40. The number of hydrogen-bond acceptors (Lipinski definition) is 5. The molecule has 1 N–H and O–H groups in total. The number of benzene rings is 3. The molecule has 2 aliphatic heterocycles. The van der Waals surface area contributed by atoms with Crippen molar-refractivity contribution >= 4 is 34.3 Å². The third-order valence-electron chi connectivity index (χ3n) is 6.65. The summed E-state index contributed by atoms with van der Waals surface area (Å²) in [5.74, 6) is -1.15. The van der Waals surface area contributed by atoms with Crippen molar-refractivity contribution in [3.05, 3.63) is 102 Å². The molecule has 3 aromatic carbocycles. The van der Waals surface area contributed by atoms with Gasteiger partial charge in [0.15, 0.2) is 0 Å². The smallest absolute Gasteiger partial charge is 0.262 e. The number of carbonyl (C=O) groups is 3. The quantitative estimate of drug-likeness (QED) is 0.453. The van der Waals surface area contributed by atoms with Crippen molar-refractivity contribution in [3.8, 4) is 5.75 Å². The maximum atomic E-state index is 14.0. The van der Waals surface area contributed by atoms with Gasteiger partial charge in [-0.3, -0.25) is 24.3 Å². The van der Waals surface area contributed by atoms with Crippen LogP contribution in [0.2, 0.25) is 0 Å². The van der Waals surface area contributed by atoms with E-state index in [4.69, 9.17) is 4.74 Å². The number of anilines is 1. The first kappa shape index (κ1) is 21.0. The van der Waals surface area contributed by atoms with Crippen molar-refractivity contribution in [1.29, 1.82) is 0 Å². The monoisotopic (exact) mass is 463 g/mol. The summed E-state index contributed by atoms with van der Waals surface area (Å²) in [5, 5.41) is 3.84. The second-order valence-electron chi connectivity index (χ2n) is 8.62. The number of hydrogen-bond donors (Lipinski definition) is 1.